The summed E-state index contributed by atoms with van der Waals surface area (Å²) in [6.07, 6.45) is 6.38. The SMILES string of the molecule is COC1(CCC(=O)N(C)C)CCCN(C(=O)/C=C/CN(C)C)C1. The van der Waals surface area contributed by atoms with E-state index in [4.69, 9.17) is 4.74 Å². The highest BCUT2D eigenvalue weighted by Gasteiger charge is 2.37. The Labute approximate surface area is 140 Å². The van der Waals surface area contributed by atoms with E-state index in [0.29, 0.717) is 19.4 Å². The number of likely N-dealkylation sites (N-methyl/N-ethyl adjacent to an activating group) is 1. The van der Waals surface area contributed by atoms with Crippen LogP contribution in [0.15, 0.2) is 12.2 Å². The number of nitrogens with zero attached hydrogens (tertiary/aromatic N) is 3. The van der Waals surface area contributed by atoms with Crippen molar-refractivity contribution in [3.05, 3.63) is 12.2 Å². The molecule has 1 rings (SSSR count). The fourth-order valence-electron chi connectivity index (χ4n) is 2.79. The Bertz CT molecular complexity index is 435. The van der Waals surface area contributed by atoms with E-state index in [0.717, 1.165) is 25.9 Å². The van der Waals surface area contributed by atoms with Crippen LogP contribution in [0.3, 0.4) is 0 Å². The molecule has 0 radical (unpaired) electrons. The van der Waals surface area contributed by atoms with Crippen molar-refractivity contribution in [2.75, 3.05) is 54.9 Å². The molecule has 1 unspecified atom stereocenters. The van der Waals surface area contributed by atoms with Gasteiger partial charge in [-0.2, -0.15) is 0 Å². The molecule has 0 aromatic rings. The van der Waals surface area contributed by atoms with Crippen molar-refractivity contribution in [2.45, 2.75) is 31.3 Å². The third-order valence-electron chi connectivity index (χ3n) is 4.31. The minimum Gasteiger partial charge on any atom is -0.376 e. The van der Waals surface area contributed by atoms with Gasteiger partial charge in [-0.1, -0.05) is 6.08 Å². The van der Waals surface area contributed by atoms with E-state index in [2.05, 4.69) is 0 Å². The van der Waals surface area contributed by atoms with Crippen LogP contribution in [0.5, 0.6) is 0 Å². The lowest BCUT2D eigenvalue weighted by Gasteiger charge is -2.41. The molecule has 132 valence electrons. The zero-order valence-corrected chi connectivity index (χ0v) is 15.2. The summed E-state index contributed by atoms with van der Waals surface area (Å²) < 4.78 is 5.74. The highest BCUT2D eigenvalue weighted by atomic mass is 16.5. The predicted molar refractivity (Wildman–Crippen MR) is 91.2 cm³/mol. The molecule has 0 aliphatic carbocycles. The van der Waals surface area contributed by atoms with Gasteiger partial charge in [0, 0.05) is 53.3 Å². The van der Waals surface area contributed by atoms with Crippen molar-refractivity contribution < 1.29 is 14.3 Å². The topological polar surface area (TPSA) is 53.1 Å². The number of piperidine rings is 1. The highest BCUT2D eigenvalue weighted by molar-refractivity contribution is 5.87. The van der Waals surface area contributed by atoms with Gasteiger partial charge in [0.05, 0.1) is 5.60 Å². The fourth-order valence-corrected chi connectivity index (χ4v) is 2.79. The Balaban J connectivity index is 2.64. The molecule has 1 atom stereocenters. The predicted octanol–water partition coefficient (Wildman–Crippen LogP) is 0.980. The van der Waals surface area contributed by atoms with Crippen LogP contribution in [-0.2, 0) is 14.3 Å². The Morgan fingerprint density at radius 3 is 2.52 bits per heavy atom. The van der Waals surface area contributed by atoms with Crippen LogP contribution < -0.4 is 0 Å². The summed E-state index contributed by atoms with van der Waals surface area (Å²) in [5.74, 6) is 0.114. The molecule has 1 saturated heterocycles. The zero-order valence-electron chi connectivity index (χ0n) is 15.2. The number of amides is 2. The Morgan fingerprint density at radius 2 is 1.96 bits per heavy atom. The maximum absolute atomic E-state index is 12.3. The van der Waals surface area contributed by atoms with E-state index in [1.54, 1.807) is 32.2 Å². The van der Waals surface area contributed by atoms with Crippen LogP contribution >= 0.6 is 0 Å². The molecule has 1 fully saturated rings. The Hall–Kier alpha value is -1.40. The maximum atomic E-state index is 12.3. The number of methoxy groups -OCH3 is 1. The van der Waals surface area contributed by atoms with Crippen molar-refractivity contribution in [3.63, 3.8) is 0 Å². The zero-order chi connectivity index (χ0) is 17.5. The molecule has 2 amide bonds. The first-order chi connectivity index (χ1) is 10.8. The summed E-state index contributed by atoms with van der Waals surface area (Å²) in [5.41, 5.74) is -0.408. The number of carbonyl (C=O) groups excluding carboxylic acids is 2. The highest BCUT2D eigenvalue weighted by Crippen LogP contribution is 2.29. The second-order valence-electron chi connectivity index (χ2n) is 6.70. The van der Waals surface area contributed by atoms with Gasteiger partial charge >= 0.3 is 0 Å². The minimum absolute atomic E-state index is 0.0203. The molecule has 0 saturated carbocycles. The van der Waals surface area contributed by atoms with E-state index >= 15 is 0 Å². The summed E-state index contributed by atoms with van der Waals surface area (Å²) in [6.45, 7) is 2.04. The summed E-state index contributed by atoms with van der Waals surface area (Å²) >= 11 is 0. The van der Waals surface area contributed by atoms with Crippen LogP contribution in [0.25, 0.3) is 0 Å². The molecule has 0 bridgehead atoms. The van der Waals surface area contributed by atoms with Crippen molar-refractivity contribution in [3.8, 4) is 0 Å². The van der Waals surface area contributed by atoms with Gasteiger partial charge in [-0.05, 0) is 33.4 Å². The van der Waals surface area contributed by atoms with Crippen LogP contribution in [-0.4, -0.2) is 87.0 Å². The molecule has 0 spiro atoms. The van der Waals surface area contributed by atoms with Crippen molar-refractivity contribution in [2.24, 2.45) is 0 Å². The normalized spacial score (nSPS) is 21.9. The van der Waals surface area contributed by atoms with E-state index in [-0.39, 0.29) is 11.8 Å². The quantitative estimate of drug-likeness (QED) is 0.655. The van der Waals surface area contributed by atoms with Gasteiger partial charge in [-0.25, -0.2) is 0 Å². The van der Waals surface area contributed by atoms with Crippen molar-refractivity contribution in [1.82, 2.24) is 14.7 Å². The van der Waals surface area contributed by atoms with Gasteiger partial charge in [0.2, 0.25) is 11.8 Å². The Kier molecular flexibility index (Phi) is 7.72. The molecule has 23 heavy (non-hydrogen) atoms. The number of rotatable bonds is 7. The fraction of sp³-hybridized carbons (Fsp3) is 0.765. The molecule has 0 aromatic carbocycles. The van der Waals surface area contributed by atoms with Crippen LogP contribution in [0.4, 0.5) is 0 Å². The van der Waals surface area contributed by atoms with E-state index in [9.17, 15) is 9.59 Å². The third kappa shape index (κ3) is 6.31. The van der Waals surface area contributed by atoms with Gasteiger partial charge in [-0.3, -0.25) is 9.59 Å². The van der Waals surface area contributed by atoms with E-state index in [1.165, 1.54) is 0 Å². The van der Waals surface area contributed by atoms with Crippen LogP contribution in [0.1, 0.15) is 25.7 Å². The number of likely N-dealkylation sites (tertiary alicyclic amines) is 1. The summed E-state index contributed by atoms with van der Waals surface area (Å²) in [5, 5.41) is 0. The smallest absolute Gasteiger partial charge is 0.246 e. The van der Waals surface area contributed by atoms with Gasteiger partial charge in [0.25, 0.3) is 0 Å². The molecule has 6 nitrogen and oxygen atoms in total. The van der Waals surface area contributed by atoms with E-state index < -0.39 is 5.60 Å². The first-order valence-electron chi connectivity index (χ1n) is 8.15. The lowest BCUT2D eigenvalue weighted by atomic mass is 9.87. The third-order valence-corrected chi connectivity index (χ3v) is 4.31. The second kappa shape index (κ2) is 9.03. The molecule has 0 aromatic heterocycles. The summed E-state index contributed by atoms with van der Waals surface area (Å²) in [7, 11) is 9.12. The molecular weight excluding hydrogens is 294 g/mol. The molecular formula is C17H31N3O3. The maximum Gasteiger partial charge on any atom is 0.246 e. The first-order valence-corrected chi connectivity index (χ1v) is 8.15. The molecule has 1 aliphatic heterocycles. The molecule has 1 heterocycles. The lowest BCUT2D eigenvalue weighted by molar-refractivity contribution is -0.138. The van der Waals surface area contributed by atoms with E-state index in [1.807, 2.05) is 30.0 Å². The molecule has 1 aliphatic rings. The average Bonchev–Trinajstić information content (AvgIpc) is 2.52. The first kappa shape index (κ1) is 19.6. The van der Waals surface area contributed by atoms with Gasteiger partial charge in [0.1, 0.15) is 0 Å². The second-order valence-corrected chi connectivity index (χ2v) is 6.70. The van der Waals surface area contributed by atoms with Gasteiger partial charge < -0.3 is 19.4 Å². The summed E-state index contributed by atoms with van der Waals surface area (Å²) in [4.78, 5) is 29.6. The monoisotopic (exact) mass is 325 g/mol. The standard InChI is InChI=1S/C17H31N3O3/c1-18(2)12-6-8-16(22)20-13-7-10-17(14-20,23-5)11-9-15(21)19(3)4/h6,8H,7,9-14H2,1-5H3/b8-6+. The number of hydrogen-bond donors (Lipinski definition) is 0. The largest absolute Gasteiger partial charge is 0.376 e. The minimum atomic E-state index is -0.408. The number of ether oxygens (including phenoxy) is 1. The van der Waals surface area contributed by atoms with Gasteiger partial charge in [-0.15, -0.1) is 0 Å². The molecule has 0 N–H and O–H groups in total. The van der Waals surface area contributed by atoms with Crippen LogP contribution in [0, 0.1) is 0 Å². The summed E-state index contributed by atoms with van der Waals surface area (Å²) in [6, 6.07) is 0. The van der Waals surface area contributed by atoms with Crippen molar-refractivity contribution >= 4 is 11.8 Å². The van der Waals surface area contributed by atoms with Gasteiger partial charge in [0.15, 0.2) is 0 Å². The Morgan fingerprint density at radius 1 is 1.26 bits per heavy atom. The van der Waals surface area contributed by atoms with Crippen LogP contribution in [0.2, 0.25) is 0 Å². The molecule has 6 heteroatoms. The average molecular weight is 325 g/mol. The number of hydrogen-bond acceptors (Lipinski definition) is 4. The lowest BCUT2D eigenvalue weighted by Crippen LogP contribution is -2.51. The van der Waals surface area contributed by atoms with Crippen molar-refractivity contribution in [1.29, 1.82) is 0 Å². The number of carbonyl (C=O) groups is 2.